The summed E-state index contributed by atoms with van der Waals surface area (Å²) in [5.41, 5.74) is 1.29. The summed E-state index contributed by atoms with van der Waals surface area (Å²) in [6.07, 6.45) is 0.803. The summed E-state index contributed by atoms with van der Waals surface area (Å²) < 4.78 is 43.5. The van der Waals surface area contributed by atoms with E-state index in [4.69, 9.17) is 14.2 Å². The van der Waals surface area contributed by atoms with Crippen molar-refractivity contribution in [1.82, 2.24) is 10.6 Å². The average molecular weight is 434 g/mol. The smallest absolute Gasteiger partial charge is 0.203 e. The van der Waals surface area contributed by atoms with Crippen molar-refractivity contribution in [2.75, 3.05) is 46.4 Å². The number of methoxy groups -OCH3 is 3. The van der Waals surface area contributed by atoms with E-state index < -0.39 is 11.6 Å². The summed E-state index contributed by atoms with van der Waals surface area (Å²) in [5.74, 6) is 1.19. The first-order valence-corrected chi connectivity index (χ1v) is 9.95. The van der Waals surface area contributed by atoms with E-state index >= 15 is 0 Å². The summed E-state index contributed by atoms with van der Waals surface area (Å²) >= 11 is 0. The molecule has 0 radical (unpaired) electrons. The van der Waals surface area contributed by atoms with Gasteiger partial charge >= 0.3 is 0 Å². The predicted molar refractivity (Wildman–Crippen MR) is 116 cm³/mol. The van der Waals surface area contributed by atoms with Crippen LogP contribution in [0, 0.1) is 11.6 Å². The molecule has 1 fully saturated rings. The second-order valence-corrected chi connectivity index (χ2v) is 7.09. The number of rotatable bonds is 7. The van der Waals surface area contributed by atoms with Crippen LogP contribution in [0.4, 0.5) is 14.5 Å². The van der Waals surface area contributed by atoms with Gasteiger partial charge in [0.1, 0.15) is 11.6 Å². The predicted octanol–water partition coefficient (Wildman–Crippen LogP) is 2.93. The number of ether oxygens (including phenoxy) is 3. The van der Waals surface area contributed by atoms with E-state index in [1.54, 1.807) is 28.4 Å². The van der Waals surface area contributed by atoms with Crippen LogP contribution in [0.3, 0.4) is 0 Å². The fourth-order valence-corrected chi connectivity index (χ4v) is 3.70. The number of guanidine groups is 1. The highest BCUT2D eigenvalue weighted by Gasteiger charge is 2.25. The van der Waals surface area contributed by atoms with Crippen LogP contribution in [0.2, 0.25) is 0 Å². The molecule has 168 valence electrons. The van der Waals surface area contributed by atoms with E-state index in [0.29, 0.717) is 48.5 Å². The zero-order valence-electron chi connectivity index (χ0n) is 18.2. The molecule has 0 amide bonds. The summed E-state index contributed by atoms with van der Waals surface area (Å²) in [6, 6.07) is 7.45. The molecule has 1 unspecified atom stereocenters. The summed E-state index contributed by atoms with van der Waals surface area (Å²) in [6.45, 7) is 1.70. The summed E-state index contributed by atoms with van der Waals surface area (Å²) in [7, 11) is 6.40. The monoisotopic (exact) mass is 434 g/mol. The zero-order chi connectivity index (χ0) is 22.4. The van der Waals surface area contributed by atoms with Crippen LogP contribution in [0.25, 0.3) is 0 Å². The molecule has 1 saturated heterocycles. The van der Waals surface area contributed by atoms with Gasteiger partial charge in [-0.15, -0.1) is 0 Å². The average Bonchev–Trinajstić information content (AvgIpc) is 3.23. The maximum Gasteiger partial charge on any atom is 0.203 e. The lowest BCUT2D eigenvalue weighted by Gasteiger charge is -2.21. The van der Waals surface area contributed by atoms with E-state index in [1.807, 2.05) is 17.0 Å². The molecule has 0 spiro atoms. The van der Waals surface area contributed by atoms with E-state index in [9.17, 15) is 8.78 Å². The molecule has 1 atom stereocenters. The molecule has 0 aromatic heterocycles. The molecule has 1 aliphatic rings. The van der Waals surface area contributed by atoms with Crippen molar-refractivity contribution in [3.63, 3.8) is 0 Å². The van der Waals surface area contributed by atoms with Crippen molar-refractivity contribution in [2.24, 2.45) is 4.99 Å². The van der Waals surface area contributed by atoms with Gasteiger partial charge in [0.2, 0.25) is 5.75 Å². The number of aliphatic imine (C=N–C) groups is 1. The molecule has 1 heterocycles. The van der Waals surface area contributed by atoms with Gasteiger partial charge in [0.15, 0.2) is 17.5 Å². The van der Waals surface area contributed by atoms with Crippen LogP contribution in [0.15, 0.2) is 35.3 Å². The Morgan fingerprint density at radius 1 is 1.10 bits per heavy atom. The fraction of sp³-hybridized carbons (Fsp3) is 0.409. The molecular weight excluding hydrogens is 406 g/mol. The van der Waals surface area contributed by atoms with Crippen LogP contribution < -0.4 is 29.7 Å². The molecule has 1 aliphatic heterocycles. The van der Waals surface area contributed by atoms with Gasteiger partial charge in [-0.1, -0.05) is 0 Å². The number of hydrogen-bond donors (Lipinski definition) is 2. The molecule has 0 bridgehead atoms. The Morgan fingerprint density at radius 2 is 1.87 bits per heavy atom. The summed E-state index contributed by atoms with van der Waals surface area (Å²) in [5, 5.41) is 6.63. The minimum absolute atomic E-state index is 0.0722. The highest BCUT2D eigenvalue weighted by Crippen LogP contribution is 2.39. The third-order valence-corrected chi connectivity index (χ3v) is 5.24. The van der Waals surface area contributed by atoms with Crippen LogP contribution in [-0.2, 0) is 6.54 Å². The third kappa shape index (κ3) is 5.10. The third-order valence-electron chi connectivity index (χ3n) is 5.24. The molecule has 2 N–H and O–H groups in total. The van der Waals surface area contributed by atoms with Crippen LogP contribution in [0.5, 0.6) is 17.2 Å². The maximum atomic E-state index is 14.1. The fourth-order valence-electron chi connectivity index (χ4n) is 3.70. The molecule has 31 heavy (non-hydrogen) atoms. The van der Waals surface area contributed by atoms with Crippen molar-refractivity contribution >= 4 is 11.6 Å². The van der Waals surface area contributed by atoms with Gasteiger partial charge in [-0.05, 0) is 30.7 Å². The molecule has 7 nitrogen and oxygen atoms in total. The minimum atomic E-state index is -0.578. The van der Waals surface area contributed by atoms with Gasteiger partial charge in [0.25, 0.3) is 0 Å². The number of halogens is 2. The van der Waals surface area contributed by atoms with E-state index in [2.05, 4.69) is 15.6 Å². The van der Waals surface area contributed by atoms with E-state index in [-0.39, 0.29) is 6.04 Å². The van der Waals surface area contributed by atoms with Gasteiger partial charge < -0.3 is 29.7 Å². The molecule has 0 saturated carbocycles. The zero-order valence-corrected chi connectivity index (χ0v) is 18.2. The molecule has 2 aromatic carbocycles. The highest BCUT2D eigenvalue weighted by molar-refractivity contribution is 5.80. The SMILES string of the molecule is CN=C(NCc1ccc(OC)c(OC)c1OC)NC1CCN(c2ccc(F)cc2F)C1. The van der Waals surface area contributed by atoms with Gasteiger partial charge in [-0.25, -0.2) is 8.78 Å². The largest absolute Gasteiger partial charge is 0.493 e. The normalized spacial score (nSPS) is 16.3. The van der Waals surface area contributed by atoms with E-state index in [1.165, 1.54) is 12.1 Å². The van der Waals surface area contributed by atoms with Crippen LogP contribution in [0.1, 0.15) is 12.0 Å². The lowest BCUT2D eigenvalue weighted by atomic mass is 10.1. The second kappa shape index (κ2) is 10.2. The first kappa shape index (κ1) is 22.5. The number of hydrogen-bond acceptors (Lipinski definition) is 5. The minimum Gasteiger partial charge on any atom is -0.493 e. The second-order valence-electron chi connectivity index (χ2n) is 7.09. The molecule has 2 aromatic rings. The lowest BCUT2D eigenvalue weighted by Crippen LogP contribution is -2.44. The van der Waals surface area contributed by atoms with Crippen molar-refractivity contribution in [2.45, 2.75) is 19.0 Å². The first-order valence-electron chi connectivity index (χ1n) is 9.95. The first-order chi connectivity index (χ1) is 15.0. The highest BCUT2D eigenvalue weighted by atomic mass is 19.1. The Labute approximate surface area is 181 Å². The standard InChI is InChI=1S/C22H28F2N4O3/c1-25-22(26-12-14-5-8-19(29-2)21(31-4)20(14)30-3)27-16-9-10-28(13-16)18-7-6-15(23)11-17(18)24/h5-8,11,16H,9-10,12-13H2,1-4H3,(H2,25,26,27). The van der Waals surface area contributed by atoms with Crippen LogP contribution >= 0.6 is 0 Å². The van der Waals surface area contributed by atoms with Crippen molar-refractivity contribution in [3.05, 3.63) is 47.5 Å². The number of anilines is 1. The maximum absolute atomic E-state index is 14.1. The lowest BCUT2D eigenvalue weighted by molar-refractivity contribution is 0.322. The number of benzene rings is 2. The van der Waals surface area contributed by atoms with Gasteiger partial charge in [-0.3, -0.25) is 4.99 Å². The van der Waals surface area contributed by atoms with Gasteiger partial charge in [0, 0.05) is 44.4 Å². The quantitative estimate of drug-likeness (QED) is 0.516. The number of nitrogens with zero attached hydrogens (tertiary/aromatic N) is 2. The van der Waals surface area contributed by atoms with Crippen molar-refractivity contribution < 1.29 is 23.0 Å². The summed E-state index contributed by atoms with van der Waals surface area (Å²) in [4.78, 5) is 6.18. The number of nitrogens with one attached hydrogen (secondary N) is 2. The Kier molecular flexibility index (Phi) is 7.38. The Morgan fingerprint density at radius 3 is 2.52 bits per heavy atom. The topological polar surface area (TPSA) is 67.4 Å². The Hall–Kier alpha value is -3.23. The Bertz CT molecular complexity index is 939. The Balaban J connectivity index is 1.62. The van der Waals surface area contributed by atoms with Gasteiger partial charge in [-0.2, -0.15) is 0 Å². The molecule has 0 aliphatic carbocycles. The van der Waals surface area contributed by atoms with Gasteiger partial charge in [0.05, 0.1) is 27.0 Å². The molecular formula is C22H28F2N4O3. The van der Waals surface area contributed by atoms with Crippen molar-refractivity contribution in [1.29, 1.82) is 0 Å². The molecule has 9 heteroatoms. The van der Waals surface area contributed by atoms with Crippen LogP contribution in [-0.4, -0.2) is 53.5 Å². The molecule has 3 rings (SSSR count). The van der Waals surface area contributed by atoms with E-state index in [0.717, 1.165) is 18.1 Å². The van der Waals surface area contributed by atoms with Crippen molar-refractivity contribution in [3.8, 4) is 17.2 Å².